The van der Waals surface area contributed by atoms with Gasteiger partial charge in [-0.2, -0.15) is 0 Å². The van der Waals surface area contributed by atoms with Gasteiger partial charge in [-0.25, -0.2) is 24.3 Å². The lowest BCUT2D eigenvalue weighted by molar-refractivity contribution is 0.502. The Balaban J connectivity index is 1.90. The van der Waals surface area contributed by atoms with E-state index in [-0.39, 0.29) is 41.3 Å². The molecule has 0 aliphatic rings. The van der Waals surface area contributed by atoms with Crippen LogP contribution in [0.25, 0.3) is 22.1 Å². The molecular weight excluding hydrogens is 444 g/mol. The minimum Gasteiger partial charge on any atom is -0.344 e. The number of rotatable bonds is 6. The van der Waals surface area contributed by atoms with Crippen molar-refractivity contribution in [1.29, 1.82) is 0 Å². The second-order valence-electron chi connectivity index (χ2n) is 8.89. The predicted octanol–water partition coefficient (Wildman–Crippen LogP) is 1.31. The van der Waals surface area contributed by atoms with Gasteiger partial charge in [0.2, 0.25) is 5.95 Å². The molecular formula is C25H30N8O2. The van der Waals surface area contributed by atoms with Crippen LogP contribution in [0.2, 0.25) is 0 Å². The van der Waals surface area contributed by atoms with Gasteiger partial charge in [-0.3, -0.25) is 14.2 Å². The molecule has 4 aromatic rings. The number of nitrogens with zero attached hydrogens (tertiary/aromatic N) is 7. The van der Waals surface area contributed by atoms with Gasteiger partial charge in [0.15, 0.2) is 5.52 Å². The lowest BCUT2D eigenvalue weighted by Gasteiger charge is -2.20. The number of anilines is 1. The minimum atomic E-state index is -0.356. The van der Waals surface area contributed by atoms with E-state index >= 15 is 0 Å². The first kappa shape index (κ1) is 24.2. The van der Waals surface area contributed by atoms with Crippen molar-refractivity contribution in [2.45, 2.75) is 46.8 Å². The summed E-state index contributed by atoms with van der Waals surface area (Å²) in [6.07, 6.45) is 0. The Morgan fingerprint density at radius 3 is 2.43 bits per heavy atom. The predicted molar refractivity (Wildman–Crippen MR) is 138 cm³/mol. The van der Waals surface area contributed by atoms with Crippen LogP contribution in [0.5, 0.6) is 0 Å². The van der Waals surface area contributed by atoms with Crippen LogP contribution >= 0.6 is 0 Å². The molecule has 0 bridgehead atoms. The number of fused-ring (bicyclic) bond motifs is 2. The van der Waals surface area contributed by atoms with Crippen molar-refractivity contribution in [3.8, 4) is 11.8 Å². The third-order valence-electron chi connectivity index (χ3n) is 6.03. The Morgan fingerprint density at radius 1 is 1.09 bits per heavy atom. The average Bonchev–Trinajstić information content (AvgIpc) is 3.19. The molecule has 3 aromatic heterocycles. The van der Waals surface area contributed by atoms with Crippen LogP contribution in [-0.4, -0.2) is 48.5 Å². The number of aryl methyl sites for hydroxylation is 2. The number of aromatic nitrogens is 6. The summed E-state index contributed by atoms with van der Waals surface area (Å²) < 4.78 is 4.44. The molecule has 0 saturated carbocycles. The maximum absolute atomic E-state index is 13.7. The molecule has 3 heterocycles. The van der Waals surface area contributed by atoms with E-state index in [0.29, 0.717) is 12.5 Å². The normalized spacial score (nSPS) is 12.1. The molecule has 0 amide bonds. The standard InChI is InChI=1S/C25H30N8O2/c1-7-8-11-32-22-21(29-25(32)30(5)13-15(2)26)23(34)31(6)33(24(22)35)14-18-9-10-19-20(12-18)28-17(4)16(3)27-19/h9-10,12,15H,11,13-14,26H2,1-6H3. The van der Waals surface area contributed by atoms with E-state index in [4.69, 9.17) is 5.73 Å². The van der Waals surface area contributed by atoms with Crippen LogP contribution in [0.15, 0.2) is 27.8 Å². The first-order valence-corrected chi connectivity index (χ1v) is 11.4. The van der Waals surface area contributed by atoms with Gasteiger partial charge in [-0.1, -0.05) is 12.0 Å². The highest BCUT2D eigenvalue weighted by Crippen LogP contribution is 2.19. The summed E-state index contributed by atoms with van der Waals surface area (Å²) >= 11 is 0. The molecule has 10 nitrogen and oxygen atoms in total. The zero-order chi connectivity index (χ0) is 25.4. The molecule has 1 atom stereocenters. The summed E-state index contributed by atoms with van der Waals surface area (Å²) in [5, 5.41) is 0. The van der Waals surface area contributed by atoms with Crippen molar-refractivity contribution < 1.29 is 0 Å². The summed E-state index contributed by atoms with van der Waals surface area (Å²) in [5.74, 6) is 6.34. The van der Waals surface area contributed by atoms with Gasteiger partial charge in [0, 0.05) is 26.7 Å². The topological polar surface area (TPSA) is 117 Å². The highest BCUT2D eigenvalue weighted by atomic mass is 16.2. The third kappa shape index (κ3) is 4.42. The summed E-state index contributed by atoms with van der Waals surface area (Å²) in [6, 6.07) is 5.56. The van der Waals surface area contributed by atoms with Gasteiger partial charge in [0.25, 0.3) is 11.1 Å². The Bertz CT molecular complexity index is 1610. The smallest absolute Gasteiger partial charge is 0.293 e. The van der Waals surface area contributed by atoms with E-state index in [1.54, 1.807) is 18.5 Å². The maximum atomic E-state index is 13.7. The molecule has 0 fully saturated rings. The van der Waals surface area contributed by atoms with E-state index in [9.17, 15) is 9.59 Å². The summed E-state index contributed by atoms with van der Waals surface area (Å²) in [6.45, 7) is 8.39. The fourth-order valence-electron chi connectivity index (χ4n) is 4.17. The quantitative estimate of drug-likeness (QED) is 0.419. The second-order valence-corrected chi connectivity index (χ2v) is 8.89. The van der Waals surface area contributed by atoms with Crippen LogP contribution in [0.3, 0.4) is 0 Å². The van der Waals surface area contributed by atoms with Gasteiger partial charge >= 0.3 is 0 Å². The molecule has 0 saturated heterocycles. The van der Waals surface area contributed by atoms with E-state index in [1.165, 1.54) is 9.36 Å². The van der Waals surface area contributed by atoms with Crippen molar-refractivity contribution in [2.24, 2.45) is 12.8 Å². The highest BCUT2D eigenvalue weighted by molar-refractivity contribution is 5.77. The lowest BCUT2D eigenvalue weighted by atomic mass is 10.2. The number of hydrogen-bond donors (Lipinski definition) is 1. The number of likely N-dealkylation sites (N-methyl/N-ethyl adjacent to an activating group) is 1. The van der Waals surface area contributed by atoms with E-state index < -0.39 is 0 Å². The Morgan fingerprint density at radius 2 is 1.77 bits per heavy atom. The Kier molecular flexibility index (Phi) is 6.45. The van der Waals surface area contributed by atoms with Gasteiger partial charge < -0.3 is 10.6 Å². The number of nitrogens with two attached hydrogens (primary N) is 1. The zero-order valence-corrected chi connectivity index (χ0v) is 21.0. The number of imidazole rings is 1. The molecule has 0 aliphatic heterocycles. The first-order chi connectivity index (χ1) is 16.6. The SMILES string of the molecule is CC#CCn1c(N(C)CC(C)N)nc2c(=O)n(C)n(Cc3ccc4nc(C)c(C)nc4c3)c(=O)c21. The van der Waals surface area contributed by atoms with Gasteiger partial charge in [0.1, 0.15) is 5.52 Å². The molecule has 10 heteroatoms. The second kappa shape index (κ2) is 9.35. The van der Waals surface area contributed by atoms with Crippen molar-refractivity contribution in [3.05, 3.63) is 55.9 Å². The van der Waals surface area contributed by atoms with Crippen LogP contribution < -0.4 is 21.8 Å². The Labute approximate surface area is 203 Å². The first-order valence-electron chi connectivity index (χ1n) is 11.4. The molecule has 2 N–H and O–H groups in total. The summed E-state index contributed by atoms with van der Waals surface area (Å²) in [7, 11) is 3.41. The molecule has 182 valence electrons. The average molecular weight is 475 g/mol. The number of benzene rings is 1. The number of hydrogen-bond acceptors (Lipinski definition) is 7. The molecule has 0 aliphatic carbocycles. The van der Waals surface area contributed by atoms with E-state index in [1.807, 2.05) is 50.9 Å². The largest absolute Gasteiger partial charge is 0.344 e. The van der Waals surface area contributed by atoms with Crippen LogP contribution in [0.1, 0.15) is 30.8 Å². The van der Waals surface area contributed by atoms with Crippen molar-refractivity contribution in [3.63, 3.8) is 0 Å². The summed E-state index contributed by atoms with van der Waals surface area (Å²) in [4.78, 5) is 42.6. The van der Waals surface area contributed by atoms with Crippen LogP contribution in [-0.2, 0) is 20.1 Å². The molecule has 4 rings (SSSR count). The van der Waals surface area contributed by atoms with Gasteiger partial charge in [-0.05, 0) is 45.4 Å². The van der Waals surface area contributed by atoms with Crippen molar-refractivity contribution >= 4 is 28.0 Å². The lowest BCUT2D eigenvalue weighted by Crippen LogP contribution is -2.38. The fraction of sp³-hybridized carbons (Fsp3) is 0.400. The van der Waals surface area contributed by atoms with Gasteiger partial charge in [-0.15, -0.1) is 5.92 Å². The van der Waals surface area contributed by atoms with Crippen LogP contribution in [0.4, 0.5) is 5.95 Å². The molecule has 1 aromatic carbocycles. The maximum Gasteiger partial charge on any atom is 0.293 e. The monoisotopic (exact) mass is 474 g/mol. The van der Waals surface area contributed by atoms with Crippen LogP contribution in [0, 0.1) is 25.7 Å². The Hall–Kier alpha value is -3.97. The molecule has 0 radical (unpaired) electrons. The zero-order valence-electron chi connectivity index (χ0n) is 21.0. The third-order valence-corrected chi connectivity index (χ3v) is 6.03. The van der Waals surface area contributed by atoms with Crippen molar-refractivity contribution in [1.82, 2.24) is 28.9 Å². The van der Waals surface area contributed by atoms with E-state index in [2.05, 4.69) is 26.8 Å². The summed E-state index contributed by atoms with van der Waals surface area (Å²) in [5.41, 5.74) is 9.74. The van der Waals surface area contributed by atoms with Crippen molar-refractivity contribution in [2.75, 3.05) is 18.5 Å². The van der Waals surface area contributed by atoms with E-state index in [0.717, 1.165) is 28.0 Å². The molecule has 1 unspecified atom stereocenters. The molecule has 35 heavy (non-hydrogen) atoms. The highest BCUT2D eigenvalue weighted by Gasteiger charge is 2.22. The fourth-order valence-corrected chi connectivity index (χ4v) is 4.17. The minimum absolute atomic E-state index is 0.117. The van der Waals surface area contributed by atoms with Gasteiger partial charge in [0.05, 0.1) is 35.5 Å². The molecule has 0 spiro atoms.